The number of carbonyl (C=O) groups is 2. The lowest BCUT2D eigenvalue weighted by atomic mass is 10.0. The van der Waals surface area contributed by atoms with E-state index in [2.05, 4.69) is 4.98 Å². The zero-order valence-electron chi connectivity index (χ0n) is 20.0. The van der Waals surface area contributed by atoms with Crippen molar-refractivity contribution in [1.29, 1.82) is 0 Å². The van der Waals surface area contributed by atoms with Crippen molar-refractivity contribution in [3.05, 3.63) is 82.1 Å². The SMILES string of the molecule is O=C(O)CN(C1CCCN(c2ccc(-n3ccccc3=O)cc2F)C1=O)S(=O)(=O)c1cc2ccc(Cl)nc2s1. The van der Waals surface area contributed by atoms with Gasteiger partial charge in [0.25, 0.3) is 15.6 Å². The molecule has 1 aliphatic rings. The molecule has 0 saturated carbocycles. The molecule has 14 heteroatoms. The van der Waals surface area contributed by atoms with Gasteiger partial charge in [-0.15, -0.1) is 11.3 Å². The van der Waals surface area contributed by atoms with Crippen molar-refractivity contribution < 1.29 is 27.5 Å². The van der Waals surface area contributed by atoms with Crippen LogP contribution in [0.3, 0.4) is 0 Å². The molecule has 39 heavy (non-hydrogen) atoms. The number of thiophene rings is 1. The largest absolute Gasteiger partial charge is 0.480 e. The number of carboxylic acid groups (broad SMARTS) is 1. The van der Waals surface area contributed by atoms with Gasteiger partial charge in [-0.3, -0.25) is 19.0 Å². The third-order valence-corrected chi connectivity index (χ3v) is 9.82. The van der Waals surface area contributed by atoms with Crippen LogP contribution >= 0.6 is 22.9 Å². The van der Waals surface area contributed by atoms with Gasteiger partial charge in [-0.05, 0) is 49.2 Å². The Morgan fingerprint density at radius 2 is 1.97 bits per heavy atom. The molecule has 1 amide bonds. The van der Waals surface area contributed by atoms with E-state index in [0.717, 1.165) is 22.3 Å². The highest BCUT2D eigenvalue weighted by Crippen LogP contribution is 2.34. The summed E-state index contributed by atoms with van der Waals surface area (Å²) in [6, 6.07) is 11.5. The van der Waals surface area contributed by atoms with Gasteiger partial charge in [0, 0.05) is 30.3 Å². The molecule has 4 heterocycles. The Labute approximate surface area is 230 Å². The average molecular weight is 591 g/mol. The zero-order valence-corrected chi connectivity index (χ0v) is 22.4. The molecule has 1 N–H and O–H groups in total. The molecule has 0 radical (unpaired) electrons. The first-order chi connectivity index (χ1) is 18.6. The third-order valence-electron chi connectivity index (χ3n) is 6.26. The molecule has 0 spiro atoms. The molecule has 202 valence electrons. The van der Waals surface area contributed by atoms with Gasteiger partial charge in [0.15, 0.2) is 0 Å². The number of rotatable bonds is 7. The maximum Gasteiger partial charge on any atom is 0.318 e. The summed E-state index contributed by atoms with van der Waals surface area (Å²) < 4.78 is 44.2. The van der Waals surface area contributed by atoms with Crippen molar-refractivity contribution in [3.63, 3.8) is 0 Å². The van der Waals surface area contributed by atoms with E-state index < -0.39 is 40.3 Å². The Balaban J connectivity index is 1.49. The number of carbonyl (C=O) groups excluding carboxylic acids is 1. The van der Waals surface area contributed by atoms with Gasteiger partial charge in [0.1, 0.15) is 32.6 Å². The van der Waals surface area contributed by atoms with E-state index in [4.69, 9.17) is 11.6 Å². The van der Waals surface area contributed by atoms with Crippen LogP contribution in [0.15, 0.2) is 69.8 Å². The highest BCUT2D eigenvalue weighted by Gasteiger charge is 2.42. The third kappa shape index (κ3) is 5.17. The van der Waals surface area contributed by atoms with Crippen molar-refractivity contribution in [1.82, 2.24) is 13.9 Å². The first-order valence-electron chi connectivity index (χ1n) is 11.6. The summed E-state index contributed by atoms with van der Waals surface area (Å²) in [7, 11) is -4.46. The van der Waals surface area contributed by atoms with Crippen molar-refractivity contribution in [2.75, 3.05) is 18.0 Å². The van der Waals surface area contributed by atoms with Gasteiger partial charge in [-0.1, -0.05) is 17.7 Å². The maximum absolute atomic E-state index is 15.3. The summed E-state index contributed by atoms with van der Waals surface area (Å²) in [5.41, 5.74) is -0.228. The predicted octanol–water partition coefficient (Wildman–Crippen LogP) is 3.51. The lowest BCUT2D eigenvalue weighted by molar-refractivity contribution is -0.138. The first-order valence-corrected chi connectivity index (χ1v) is 14.3. The fraction of sp³-hybridized carbons (Fsp3) is 0.200. The number of aliphatic carboxylic acids is 1. The Kier molecular flexibility index (Phi) is 7.25. The van der Waals surface area contributed by atoms with Gasteiger partial charge in [-0.25, -0.2) is 17.8 Å². The molecule has 1 unspecified atom stereocenters. The fourth-order valence-corrected chi connectivity index (χ4v) is 7.70. The second-order valence-electron chi connectivity index (χ2n) is 8.73. The predicted molar refractivity (Wildman–Crippen MR) is 144 cm³/mol. The lowest BCUT2D eigenvalue weighted by Gasteiger charge is -2.37. The number of sulfonamides is 1. The van der Waals surface area contributed by atoms with Crippen LogP contribution in [0.2, 0.25) is 5.15 Å². The number of benzene rings is 1. The van der Waals surface area contributed by atoms with Crippen molar-refractivity contribution in [3.8, 4) is 5.69 Å². The zero-order chi connectivity index (χ0) is 27.9. The number of pyridine rings is 2. The van der Waals surface area contributed by atoms with E-state index >= 15 is 4.39 Å². The van der Waals surface area contributed by atoms with Crippen molar-refractivity contribution in [2.45, 2.75) is 23.1 Å². The number of amides is 1. The maximum atomic E-state index is 15.3. The number of halogens is 2. The summed E-state index contributed by atoms with van der Waals surface area (Å²) in [5, 5.41) is 10.2. The molecule has 1 fully saturated rings. The minimum Gasteiger partial charge on any atom is -0.480 e. The standard InChI is InChI=1S/C25H20ClFN4O6S2/c26-20-9-6-15-12-23(38-24(15)28-20)39(36,37)31(14-22(33)34)19-4-3-11-30(25(19)35)18-8-7-16(13-17(18)27)29-10-2-1-5-21(29)32/h1-2,5-10,12-13,19H,3-4,11,14H2,(H,33,34). The molecule has 10 nitrogen and oxygen atoms in total. The summed E-state index contributed by atoms with van der Waals surface area (Å²) in [6.45, 7) is -0.865. The second kappa shape index (κ2) is 10.5. The van der Waals surface area contributed by atoms with Gasteiger partial charge < -0.3 is 10.0 Å². The van der Waals surface area contributed by atoms with E-state index in [9.17, 15) is 27.9 Å². The second-order valence-corrected chi connectivity index (χ2v) is 12.3. The van der Waals surface area contributed by atoms with Crippen molar-refractivity contribution >= 4 is 60.7 Å². The van der Waals surface area contributed by atoms with Crippen LogP contribution in [-0.4, -0.2) is 58.4 Å². The number of anilines is 1. The number of nitrogens with zero attached hydrogens (tertiary/aromatic N) is 4. The molecular weight excluding hydrogens is 571 g/mol. The Morgan fingerprint density at radius 3 is 2.69 bits per heavy atom. The van der Waals surface area contributed by atoms with E-state index in [1.54, 1.807) is 18.2 Å². The van der Waals surface area contributed by atoms with Crippen LogP contribution in [0, 0.1) is 5.82 Å². The summed E-state index contributed by atoms with van der Waals surface area (Å²) in [6.07, 6.45) is 1.83. The summed E-state index contributed by atoms with van der Waals surface area (Å²) in [5.74, 6) is -3.00. The Bertz CT molecular complexity index is 1770. The van der Waals surface area contributed by atoms with Gasteiger partial charge >= 0.3 is 5.97 Å². The topological polar surface area (TPSA) is 130 Å². The molecule has 1 saturated heterocycles. The van der Waals surface area contributed by atoms with E-state index in [-0.39, 0.29) is 39.3 Å². The number of hydrogen-bond donors (Lipinski definition) is 1. The monoisotopic (exact) mass is 590 g/mol. The van der Waals surface area contributed by atoms with Crippen LogP contribution < -0.4 is 10.5 Å². The number of piperidine rings is 1. The lowest BCUT2D eigenvalue weighted by Crippen LogP contribution is -2.55. The quantitative estimate of drug-likeness (QED) is 0.326. The number of hydrogen-bond acceptors (Lipinski definition) is 7. The number of carboxylic acids is 1. The summed E-state index contributed by atoms with van der Waals surface area (Å²) in [4.78, 5) is 43.0. The van der Waals surface area contributed by atoms with Crippen LogP contribution in [0.1, 0.15) is 12.8 Å². The van der Waals surface area contributed by atoms with E-state index in [1.165, 1.54) is 41.1 Å². The molecule has 3 aromatic heterocycles. The molecular formula is C25H20ClFN4O6S2. The Hall–Kier alpha value is -3.65. The van der Waals surface area contributed by atoms with Crippen LogP contribution in [0.25, 0.3) is 15.9 Å². The summed E-state index contributed by atoms with van der Waals surface area (Å²) >= 11 is 6.72. The minimum atomic E-state index is -4.46. The average Bonchev–Trinajstić information content (AvgIpc) is 3.32. The number of aromatic nitrogens is 2. The van der Waals surface area contributed by atoms with Gasteiger partial charge in [0.05, 0.1) is 11.4 Å². The number of fused-ring (bicyclic) bond motifs is 1. The molecule has 1 atom stereocenters. The van der Waals surface area contributed by atoms with Crippen LogP contribution in [-0.2, 0) is 19.6 Å². The minimum absolute atomic E-state index is 0.0515. The van der Waals surface area contributed by atoms with E-state index in [0.29, 0.717) is 20.9 Å². The van der Waals surface area contributed by atoms with Crippen molar-refractivity contribution in [2.24, 2.45) is 0 Å². The Morgan fingerprint density at radius 1 is 1.18 bits per heavy atom. The first kappa shape index (κ1) is 26.9. The molecule has 1 aliphatic heterocycles. The van der Waals surface area contributed by atoms with Crippen LogP contribution in [0.5, 0.6) is 0 Å². The highest BCUT2D eigenvalue weighted by molar-refractivity contribution is 7.91. The normalized spacial score (nSPS) is 16.2. The molecule has 0 bridgehead atoms. The highest BCUT2D eigenvalue weighted by atomic mass is 35.5. The van der Waals surface area contributed by atoms with E-state index in [1.807, 2.05) is 0 Å². The van der Waals surface area contributed by atoms with Gasteiger partial charge in [-0.2, -0.15) is 4.31 Å². The molecule has 0 aliphatic carbocycles. The molecule has 1 aromatic carbocycles. The van der Waals surface area contributed by atoms with Gasteiger partial charge in [0.2, 0.25) is 5.91 Å². The fourth-order valence-electron chi connectivity index (χ4n) is 4.48. The van der Waals surface area contributed by atoms with Crippen LogP contribution in [0.4, 0.5) is 10.1 Å². The smallest absolute Gasteiger partial charge is 0.318 e. The molecule has 5 rings (SSSR count). The molecule has 4 aromatic rings.